The topological polar surface area (TPSA) is 16.1 Å². The molecule has 0 amide bonds. The van der Waals surface area contributed by atoms with E-state index in [9.17, 15) is 0 Å². The van der Waals surface area contributed by atoms with E-state index in [4.69, 9.17) is 0 Å². The third kappa shape index (κ3) is 3.90. The number of rotatable bonds is 6. The van der Waals surface area contributed by atoms with E-state index in [0.29, 0.717) is 0 Å². The van der Waals surface area contributed by atoms with E-state index in [0.717, 1.165) is 18.8 Å². The monoisotopic (exact) mass is 206 g/mol. The minimum atomic E-state index is 1.09. The molecule has 0 atom stereocenters. The number of nitrogens with zero attached hydrogens (tertiary/aromatic N) is 2. The molecule has 2 heteroatoms. The smallest absolute Gasteiger partial charge is 0.128 e. The second-order valence-electron chi connectivity index (χ2n) is 4.05. The number of unbranched alkanes of at least 4 members (excludes halogenated alkanes) is 1. The zero-order chi connectivity index (χ0) is 11.1. The van der Waals surface area contributed by atoms with Gasteiger partial charge in [0.15, 0.2) is 0 Å². The molecule has 1 aromatic heterocycles. The molecule has 0 spiro atoms. The fourth-order valence-corrected chi connectivity index (χ4v) is 1.59. The predicted octanol–water partition coefficient (Wildman–Crippen LogP) is 3.27. The van der Waals surface area contributed by atoms with Crippen molar-refractivity contribution in [2.24, 2.45) is 0 Å². The molecule has 0 aromatic carbocycles. The highest BCUT2D eigenvalue weighted by Crippen LogP contribution is 2.11. The Bertz CT molecular complexity index is 266. The Balaban J connectivity index is 2.54. The summed E-state index contributed by atoms with van der Waals surface area (Å²) in [6.45, 7) is 5.50. The van der Waals surface area contributed by atoms with Crippen LogP contribution < -0.4 is 4.90 Å². The van der Waals surface area contributed by atoms with E-state index in [2.05, 4.69) is 42.9 Å². The first-order valence-electron chi connectivity index (χ1n) is 5.94. The first-order chi connectivity index (χ1) is 7.27. The van der Waals surface area contributed by atoms with Crippen LogP contribution in [0.25, 0.3) is 0 Å². The van der Waals surface area contributed by atoms with Crippen LogP contribution in [0.4, 0.5) is 5.82 Å². The number of pyridine rings is 1. The Labute approximate surface area is 93.3 Å². The predicted molar refractivity (Wildman–Crippen MR) is 66.4 cm³/mol. The van der Waals surface area contributed by atoms with Crippen molar-refractivity contribution in [2.45, 2.75) is 39.5 Å². The number of hydrogen-bond donors (Lipinski definition) is 0. The second-order valence-corrected chi connectivity index (χ2v) is 4.05. The molecule has 0 aliphatic rings. The molecule has 1 rings (SSSR count). The summed E-state index contributed by atoms with van der Waals surface area (Å²) in [6, 6.07) is 4.31. The van der Waals surface area contributed by atoms with Crippen LogP contribution in [0.15, 0.2) is 18.3 Å². The molecule has 0 unspecified atom stereocenters. The summed E-state index contributed by atoms with van der Waals surface area (Å²) in [4.78, 5) is 6.70. The normalized spacial score (nSPS) is 10.3. The molecule has 0 aliphatic carbocycles. The molecule has 1 heterocycles. The summed E-state index contributed by atoms with van der Waals surface area (Å²) in [7, 11) is 2.11. The van der Waals surface area contributed by atoms with E-state index in [1.807, 2.05) is 6.20 Å². The van der Waals surface area contributed by atoms with Gasteiger partial charge < -0.3 is 4.90 Å². The van der Waals surface area contributed by atoms with Gasteiger partial charge in [-0.2, -0.15) is 0 Å². The van der Waals surface area contributed by atoms with Gasteiger partial charge in [-0.25, -0.2) is 4.98 Å². The van der Waals surface area contributed by atoms with Crippen molar-refractivity contribution in [3.63, 3.8) is 0 Å². The zero-order valence-electron chi connectivity index (χ0n) is 10.2. The van der Waals surface area contributed by atoms with E-state index < -0.39 is 0 Å². The maximum atomic E-state index is 4.48. The van der Waals surface area contributed by atoms with E-state index >= 15 is 0 Å². The molecule has 0 fully saturated rings. The van der Waals surface area contributed by atoms with Gasteiger partial charge in [-0.05, 0) is 24.5 Å². The zero-order valence-corrected chi connectivity index (χ0v) is 10.2. The van der Waals surface area contributed by atoms with Gasteiger partial charge >= 0.3 is 0 Å². The van der Waals surface area contributed by atoms with Crippen molar-refractivity contribution in [1.82, 2.24) is 4.98 Å². The van der Waals surface area contributed by atoms with Gasteiger partial charge in [0.1, 0.15) is 5.82 Å². The Morgan fingerprint density at radius 3 is 2.53 bits per heavy atom. The SMILES string of the molecule is CCCCN(C)c1ccc(CCC)cn1. The third-order valence-electron chi connectivity index (χ3n) is 2.59. The van der Waals surface area contributed by atoms with Gasteiger partial charge in [0, 0.05) is 19.8 Å². The highest BCUT2D eigenvalue weighted by atomic mass is 15.2. The molecule has 2 nitrogen and oxygen atoms in total. The first-order valence-corrected chi connectivity index (χ1v) is 5.94. The van der Waals surface area contributed by atoms with Gasteiger partial charge in [0.05, 0.1) is 0 Å². The fraction of sp³-hybridized carbons (Fsp3) is 0.615. The summed E-state index contributed by atoms with van der Waals surface area (Å²) in [5.41, 5.74) is 1.34. The third-order valence-corrected chi connectivity index (χ3v) is 2.59. The van der Waals surface area contributed by atoms with Gasteiger partial charge in [-0.1, -0.05) is 32.8 Å². The summed E-state index contributed by atoms with van der Waals surface area (Å²) < 4.78 is 0. The standard InChI is InChI=1S/C13H22N2/c1-4-6-10-15(3)13-9-8-12(7-5-2)11-14-13/h8-9,11H,4-7,10H2,1-3H3. The van der Waals surface area contributed by atoms with Gasteiger partial charge in [0.2, 0.25) is 0 Å². The summed E-state index contributed by atoms with van der Waals surface area (Å²) in [6.07, 6.45) is 6.78. The lowest BCUT2D eigenvalue weighted by molar-refractivity contribution is 0.758. The van der Waals surface area contributed by atoms with E-state index in [1.54, 1.807) is 0 Å². The highest BCUT2D eigenvalue weighted by Gasteiger charge is 2.01. The largest absolute Gasteiger partial charge is 0.360 e. The first kappa shape index (κ1) is 12.0. The number of aryl methyl sites for hydroxylation is 1. The van der Waals surface area contributed by atoms with Crippen molar-refractivity contribution >= 4 is 5.82 Å². The molecule has 0 aliphatic heterocycles. The average molecular weight is 206 g/mol. The molecule has 0 saturated carbocycles. The molecule has 0 bridgehead atoms. The Kier molecular flexibility index (Phi) is 5.16. The maximum absolute atomic E-state index is 4.48. The lowest BCUT2D eigenvalue weighted by atomic mass is 10.2. The number of aromatic nitrogens is 1. The van der Waals surface area contributed by atoms with E-state index in [1.165, 1.54) is 24.8 Å². The fourth-order valence-electron chi connectivity index (χ4n) is 1.59. The summed E-state index contributed by atoms with van der Waals surface area (Å²) in [5.74, 6) is 1.09. The van der Waals surface area contributed by atoms with Gasteiger partial charge in [-0.15, -0.1) is 0 Å². The van der Waals surface area contributed by atoms with Gasteiger partial charge in [-0.3, -0.25) is 0 Å². The van der Waals surface area contributed by atoms with Gasteiger partial charge in [0.25, 0.3) is 0 Å². The second kappa shape index (κ2) is 6.44. The molecule has 0 radical (unpaired) electrons. The van der Waals surface area contributed by atoms with Crippen molar-refractivity contribution in [3.8, 4) is 0 Å². The molecule has 0 saturated heterocycles. The van der Waals surface area contributed by atoms with E-state index in [-0.39, 0.29) is 0 Å². The highest BCUT2D eigenvalue weighted by molar-refractivity contribution is 5.38. The number of anilines is 1. The molecule has 84 valence electrons. The van der Waals surface area contributed by atoms with Crippen LogP contribution in [-0.2, 0) is 6.42 Å². The molecule has 0 N–H and O–H groups in total. The van der Waals surface area contributed by atoms with Crippen molar-refractivity contribution in [1.29, 1.82) is 0 Å². The van der Waals surface area contributed by atoms with Crippen LogP contribution in [0.3, 0.4) is 0 Å². The molecule has 1 aromatic rings. The number of hydrogen-bond acceptors (Lipinski definition) is 2. The van der Waals surface area contributed by atoms with Crippen LogP contribution in [0.1, 0.15) is 38.7 Å². The van der Waals surface area contributed by atoms with Crippen LogP contribution in [0.5, 0.6) is 0 Å². The van der Waals surface area contributed by atoms with Crippen molar-refractivity contribution in [3.05, 3.63) is 23.9 Å². The molecular formula is C13H22N2. The van der Waals surface area contributed by atoms with Crippen LogP contribution in [0.2, 0.25) is 0 Å². The maximum Gasteiger partial charge on any atom is 0.128 e. The Morgan fingerprint density at radius 2 is 2.00 bits per heavy atom. The summed E-state index contributed by atoms with van der Waals surface area (Å²) >= 11 is 0. The van der Waals surface area contributed by atoms with Crippen molar-refractivity contribution in [2.75, 3.05) is 18.5 Å². The quantitative estimate of drug-likeness (QED) is 0.710. The minimum Gasteiger partial charge on any atom is -0.360 e. The average Bonchev–Trinajstić information content (AvgIpc) is 2.27. The van der Waals surface area contributed by atoms with Crippen LogP contribution in [-0.4, -0.2) is 18.6 Å². The van der Waals surface area contributed by atoms with Crippen LogP contribution in [0, 0.1) is 0 Å². The Morgan fingerprint density at radius 1 is 1.20 bits per heavy atom. The minimum absolute atomic E-state index is 1.09. The van der Waals surface area contributed by atoms with Crippen molar-refractivity contribution < 1.29 is 0 Å². The molecular weight excluding hydrogens is 184 g/mol. The lowest BCUT2D eigenvalue weighted by Gasteiger charge is -2.17. The Hall–Kier alpha value is -1.05. The van der Waals surface area contributed by atoms with Crippen LogP contribution >= 0.6 is 0 Å². The summed E-state index contributed by atoms with van der Waals surface area (Å²) in [5, 5.41) is 0. The lowest BCUT2D eigenvalue weighted by Crippen LogP contribution is -2.19. The molecule has 15 heavy (non-hydrogen) atoms.